The summed E-state index contributed by atoms with van der Waals surface area (Å²) >= 11 is 9.32. The molecule has 0 bridgehead atoms. The van der Waals surface area contributed by atoms with Gasteiger partial charge in [0.1, 0.15) is 5.75 Å². The van der Waals surface area contributed by atoms with Gasteiger partial charge in [-0.15, -0.1) is 11.6 Å². The molecule has 0 radical (unpaired) electrons. The zero-order valence-corrected chi connectivity index (χ0v) is 14.8. The first kappa shape index (κ1) is 17.8. The number of benzene rings is 1. The van der Waals surface area contributed by atoms with Gasteiger partial charge in [-0.25, -0.2) is 0 Å². The van der Waals surface area contributed by atoms with E-state index in [2.05, 4.69) is 22.9 Å². The Morgan fingerprint density at radius 2 is 1.65 bits per heavy atom. The zero-order valence-electron chi connectivity index (χ0n) is 12.5. The quantitative estimate of drug-likeness (QED) is 0.314. The van der Waals surface area contributed by atoms with Gasteiger partial charge in [-0.2, -0.15) is 0 Å². The van der Waals surface area contributed by atoms with Crippen LogP contribution in [0.5, 0.6) is 5.75 Å². The molecule has 0 atom stereocenters. The van der Waals surface area contributed by atoms with Gasteiger partial charge in [0.05, 0.1) is 11.1 Å². The predicted octanol–water partition coefficient (Wildman–Crippen LogP) is 6.71. The Bertz CT molecular complexity index is 368. The van der Waals surface area contributed by atoms with E-state index in [0.29, 0.717) is 5.88 Å². The molecule has 0 amide bonds. The summed E-state index contributed by atoms with van der Waals surface area (Å²) in [5, 5.41) is 0. The van der Waals surface area contributed by atoms with Crippen LogP contribution < -0.4 is 4.74 Å². The molecule has 1 aromatic rings. The molecule has 114 valence electrons. The van der Waals surface area contributed by atoms with Gasteiger partial charge in [-0.1, -0.05) is 57.9 Å². The fourth-order valence-electron chi connectivity index (χ4n) is 2.16. The molecule has 0 saturated carbocycles. The molecule has 0 aromatic heterocycles. The summed E-state index contributed by atoms with van der Waals surface area (Å²) in [7, 11) is 0. The van der Waals surface area contributed by atoms with E-state index >= 15 is 0 Å². The van der Waals surface area contributed by atoms with Crippen molar-refractivity contribution in [3.05, 3.63) is 28.2 Å². The summed E-state index contributed by atoms with van der Waals surface area (Å²) in [5.41, 5.74) is 1.11. The van der Waals surface area contributed by atoms with Crippen LogP contribution in [0.2, 0.25) is 0 Å². The van der Waals surface area contributed by atoms with Crippen LogP contribution in [0.3, 0.4) is 0 Å². The smallest absolute Gasteiger partial charge is 0.133 e. The SMILES string of the molecule is CCCCCCCCCCOc1ccc(CCl)cc1Br. The van der Waals surface area contributed by atoms with Crippen molar-refractivity contribution in [1.82, 2.24) is 0 Å². The summed E-state index contributed by atoms with van der Waals surface area (Å²) in [5.74, 6) is 1.46. The van der Waals surface area contributed by atoms with E-state index in [0.717, 1.165) is 28.8 Å². The van der Waals surface area contributed by atoms with E-state index < -0.39 is 0 Å². The normalized spacial score (nSPS) is 10.8. The van der Waals surface area contributed by atoms with Crippen LogP contribution in [0.25, 0.3) is 0 Å². The molecule has 0 fully saturated rings. The maximum atomic E-state index is 5.80. The van der Waals surface area contributed by atoms with Gasteiger partial charge < -0.3 is 4.74 Å². The zero-order chi connectivity index (χ0) is 14.6. The Kier molecular flexibility index (Phi) is 10.2. The lowest BCUT2D eigenvalue weighted by Crippen LogP contribution is -1.98. The van der Waals surface area contributed by atoms with E-state index in [-0.39, 0.29) is 0 Å². The standard InChI is InChI=1S/C17H26BrClO/c1-2-3-4-5-6-7-8-9-12-20-17-11-10-15(14-19)13-16(17)18/h10-11,13H,2-9,12,14H2,1H3. The van der Waals surface area contributed by atoms with Crippen molar-refractivity contribution in [2.45, 2.75) is 64.2 Å². The summed E-state index contributed by atoms with van der Waals surface area (Å²) in [6.45, 7) is 3.06. The summed E-state index contributed by atoms with van der Waals surface area (Å²) in [6.07, 6.45) is 10.6. The van der Waals surface area contributed by atoms with Gasteiger partial charge in [-0.3, -0.25) is 0 Å². The molecule has 0 heterocycles. The summed E-state index contributed by atoms with van der Waals surface area (Å²) < 4.78 is 6.79. The highest BCUT2D eigenvalue weighted by Crippen LogP contribution is 2.26. The largest absolute Gasteiger partial charge is 0.492 e. The van der Waals surface area contributed by atoms with Crippen molar-refractivity contribution in [3.8, 4) is 5.75 Å². The van der Waals surface area contributed by atoms with Crippen LogP contribution in [0.15, 0.2) is 22.7 Å². The molecule has 1 nitrogen and oxygen atoms in total. The van der Waals surface area contributed by atoms with Gasteiger partial charge in [-0.05, 0) is 40.0 Å². The van der Waals surface area contributed by atoms with E-state index in [9.17, 15) is 0 Å². The van der Waals surface area contributed by atoms with E-state index in [1.54, 1.807) is 0 Å². The molecule has 1 rings (SSSR count). The molecule has 20 heavy (non-hydrogen) atoms. The minimum absolute atomic E-state index is 0.539. The predicted molar refractivity (Wildman–Crippen MR) is 91.8 cm³/mol. The lowest BCUT2D eigenvalue weighted by Gasteiger charge is -2.09. The minimum atomic E-state index is 0.539. The van der Waals surface area contributed by atoms with Gasteiger partial charge in [0.2, 0.25) is 0 Å². The number of ether oxygens (including phenoxy) is 1. The number of alkyl halides is 1. The maximum Gasteiger partial charge on any atom is 0.133 e. The molecular weight excluding hydrogens is 336 g/mol. The molecule has 0 spiro atoms. The van der Waals surface area contributed by atoms with E-state index in [4.69, 9.17) is 16.3 Å². The maximum absolute atomic E-state index is 5.80. The van der Waals surface area contributed by atoms with Crippen LogP contribution in [0, 0.1) is 0 Å². The number of hydrogen-bond donors (Lipinski definition) is 0. The lowest BCUT2D eigenvalue weighted by atomic mass is 10.1. The molecule has 0 aliphatic heterocycles. The van der Waals surface area contributed by atoms with Crippen LogP contribution >= 0.6 is 27.5 Å². The molecule has 3 heteroatoms. The second kappa shape index (κ2) is 11.4. The number of rotatable bonds is 11. The summed E-state index contributed by atoms with van der Waals surface area (Å²) in [6, 6.07) is 6.03. The average Bonchev–Trinajstić information content (AvgIpc) is 2.47. The first-order valence-electron chi connectivity index (χ1n) is 7.75. The van der Waals surface area contributed by atoms with E-state index in [1.165, 1.54) is 44.9 Å². The number of hydrogen-bond acceptors (Lipinski definition) is 1. The third-order valence-corrected chi connectivity index (χ3v) is 4.33. The van der Waals surface area contributed by atoms with Crippen LogP contribution in [-0.2, 0) is 5.88 Å². The molecule has 0 saturated heterocycles. The second-order valence-electron chi connectivity index (χ2n) is 5.22. The molecule has 0 N–H and O–H groups in total. The molecule has 1 aromatic carbocycles. The van der Waals surface area contributed by atoms with Crippen molar-refractivity contribution >= 4 is 27.5 Å². The molecular formula is C17H26BrClO. The highest BCUT2D eigenvalue weighted by molar-refractivity contribution is 9.10. The van der Waals surface area contributed by atoms with Crippen molar-refractivity contribution in [2.24, 2.45) is 0 Å². The fraction of sp³-hybridized carbons (Fsp3) is 0.647. The number of halogens is 2. The van der Waals surface area contributed by atoms with E-state index in [1.807, 2.05) is 18.2 Å². The Labute approximate surface area is 137 Å². The molecule has 0 unspecified atom stereocenters. The van der Waals surface area contributed by atoms with Gasteiger partial charge in [0, 0.05) is 5.88 Å². The Balaban J connectivity index is 2.06. The van der Waals surface area contributed by atoms with Crippen LogP contribution in [0.1, 0.15) is 63.9 Å². The van der Waals surface area contributed by atoms with Crippen molar-refractivity contribution in [2.75, 3.05) is 6.61 Å². The average molecular weight is 362 g/mol. The third kappa shape index (κ3) is 7.54. The topological polar surface area (TPSA) is 9.23 Å². The van der Waals surface area contributed by atoms with Crippen molar-refractivity contribution < 1.29 is 4.74 Å². The van der Waals surface area contributed by atoms with Gasteiger partial charge >= 0.3 is 0 Å². The van der Waals surface area contributed by atoms with Crippen molar-refractivity contribution in [3.63, 3.8) is 0 Å². The highest BCUT2D eigenvalue weighted by Gasteiger charge is 2.02. The first-order chi connectivity index (χ1) is 9.77. The van der Waals surface area contributed by atoms with Crippen molar-refractivity contribution in [1.29, 1.82) is 0 Å². The lowest BCUT2D eigenvalue weighted by molar-refractivity contribution is 0.302. The van der Waals surface area contributed by atoms with Crippen LogP contribution in [0.4, 0.5) is 0 Å². The Hall–Kier alpha value is -0.210. The minimum Gasteiger partial charge on any atom is -0.492 e. The third-order valence-electron chi connectivity index (χ3n) is 3.41. The number of unbranched alkanes of at least 4 members (excludes halogenated alkanes) is 7. The van der Waals surface area contributed by atoms with Gasteiger partial charge in [0.25, 0.3) is 0 Å². The summed E-state index contributed by atoms with van der Waals surface area (Å²) in [4.78, 5) is 0. The van der Waals surface area contributed by atoms with Gasteiger partial charge in [0.15, 0.2) is 0 Å². The van der Waals surface area contributed by atoms with Crippen LogP contribution in [-0.4, -0.2) is 6.61 Å². The Morgan fingerprint density at radius 3 is 2.25 bits per heavy atom. The second-order valence-corrected chi connectivity index (χ2v) is 6.34. The first-order valence-corrected chi connectivity index (χ1v) is 9.08. The fourth-order valence-corrected chi connectivity index (χ4v) is 2.87. The Morgan fingerprint density at radius 1 is 1.00 bits per heavy atom. The highest BCUT2D eigenvalue weighted by atomic mass is 79.9. The molecule has 0 aliphatic rings. The molecule has 0 aliphatic carbocycles. The monoisotopic (exact) mass is 360 g/mol.